The van der Waals surface area contributed by atoms with Crippen LogP contribution in [0.2, 0.25) is 0 Å². The van der Waals surface area contributed by atoms with Crippen molar-refractivity contribution in [2.24, 2.45) is 0 Å². The Bertz CT molecular complexity index is 555. The summed E-state index contributed by atoms with van der Waals surface area (Å²) in [6.45, 7) is 5.81. The minimum atomic E-state index is 0. The number of piperidine rings is 1. The molecule has 3 aliphatic rings. The fourth-order valence-electron chi connectivity index (χ4n) is 3.75. The van der Waals surface area contributed by atoms with Gasteiger partial charge in [-0.05, 0) is 43.5 Å². The lowest BCUT2D eigenvalue weighted by Crippen LogP contribution is -2.35. The van der Waals surface area contributed by atoms with Gasteiger partial charge in [-0.3, -0.25) is 0 Å². The summed E-state index contributed by atoms with van der Waals surface area (Å²) < 4.78 is 11.8. The van der Waals surface area contributed by atoms with Crippen LogP contribution in [0.4, 0.5) is 5.69 Å². The van der Waals surface area contributed by atoms with Crippen molar-refractivity contribution < 1.29 is 9.47 Å². The van der Waals surface area contributed by atoms with Gasteiger partial charge >= 0.3 is 0 Å². The van der Waals surface area contributed by atoms with Crippen LogP contribution in [0, 0.1) is 0 Å². The molecule has 1 atom stereocenters. The fourth-order valence-corrected chi connectivity index (χ4v) is 3.75. The summed E-state index contributed by atoms with van der Waals surface area (Å²) in [5, 5.41) is 7.13. The second-order valence-corrected chi connectivity index (χ2v) is 7.04. The van der Waals surface area contributed by atoms with E-state index in [0.717, 1.165) is 64.4 Å². The molecule has 2 fully saturated rings. The van der Waals surface area contributed by atoms with Crippen molar-refractivity contribution in [2.75, 3.05) is 38.7 Å². The molecule has 1 aromatic carbocycles. The first kappa shape index (κ1) is 17.8. The summed E-state index contributed by atoms with van der Waals surface area (Å²) in [6, 6.07) is 4.85. The minimum Gasteiger partial charge on any atom is -0.490 e. The van der Waals surface area contributed by atoms with Crippen molar-refractivity contribution in [3.8, 4) is 5.75 Å². The van der Waals surface area contributed by atoms with Crippen molar-refractivity contribution in [3.63, 3.8) is 0 Å². The Balaban J connectivity index is 0.00000169. The normalized spacial score (nSPS) is 24.5. The average molecular weight is 354 g/mol. The van der Waals surface area contributed by atoms with E-state index in [1.807, 2.05) is 0 Å². The Morgan fingerprint density at radius 1 is 1.21 bits per heavy atom. The van der Waals surface area contributed by atoms with Gasteiger partial charge in [0.1, 0.15) is 11.9 Å². The molecule has 2 saturated heterocycles. The largest absolute Gasteiger partial charge is 0.490 e. The molecule has 4 rings (SSSR count). The maximum atomic E-state index is 6.31. The quantitative estimate of drug-likeness (QED) is 0.870. The van der Waals surface area contributed by atoms with Crippen molar-refractivity contribution in [1.82, 2.24) is 10.2 Å². The van der Waals surface area contributed by atoms with Crippen LogP contribution in [-0.2, 0) is 17.8 Å². The van der Waals surface area contributed by atoms with E-state index in [9.17, 15) is 0 Å². The molecule has 134 valence electrons. The summed E-state index contributed by atoms with van der Waals surface area (Å²) in [7, 11) is 2.18. The highest BCUT2D eigenvalue weighted by molar-refractivity contribution is 5.85. The van der Waals surface area contributed by atoms with Crippen LogP contribution < -0.4 is 15.4 Å². The van der Waals surface area contributed by atoms with E-state index in [1.165, 1.54) is 16.8 Å². The molecule has 24 heavy (non-hydrogen) atoms. The van der Waals surface area contributed by atoms with Crippen molar-refractivity contribution in [3.05, 3.63) is 23.3 Å². The Labute approximate surface area is 150 Å². The number of hydrogen-bond acceptors (Lipinski definition) is 5. The molecule has 0 aromatic heterocycles. The molecule has 0 radical (unpaired) electrons. The second kappa shape index (κ2) is 7.91. The number of nitrogens with one attached hydrogen (secondary N) is 2. The van der Waals surface area contributed by atoms with Crippen LogP contribution in [0.3, 0.4) is 0 Å². The molecule has 0 unspecified atom stereocenters. The van der Waals surface area contributed by atoms with Gasteiger partial charge in [0.05, 0.1) is 12.6 Å². The third-order valence-corrected chi connectivity index (χ3v) is 5.19. The number of halogens is 1. The zero-order chi connectivity index (χ0) is 15.6. The molecular weight excluding hydrogens is 326 g/mol. The van der Waals surface area contributed by atoms with E-state index < -0.39 is 0 Å². The molecule has 6 heteroatoms. The van der Waals surface area contributed by atoms with E-state index >= 15 is 0 Å². The van der Waals surface area contributed by atoms with Gasteiger partial charge in [-0.1, -0.05) is 0 Å². The standard InChI is InChI=1S/C18H27N3O2.ClH/c1-21-5-2-15(3-6-21)23-16-8-13-10-19-11-17(13)18(9-16)20-14-4-7-22-12-14;/h8-9,14-15,19-20H,2-7,10-12H2,1H3;1H/t14-;/m0./s1. The van der Waals surface area contributed by atoms with Crippen LogP contribution in [0.5, 0.6) is 5.75 Å². The van der Waals surface area contributed by atoms with E-state index in [2.05, 4.69) is 34.7 Å². The number of rotatable bonds is 4. The smallest absolute Gasteiger partial charge is 0.122 e. The number of benzene rings is 1. The lowest BCUT2D eigenvalue weighted by atomic mass is 10.1. The molecule has 0 amide bonds. The van der Waals surface area contributed by atoms with Crippen LogP contribution in [0.25, 0.3) is 0 Å². The van der Waals surface area contributed by atoms with Gasteiger partial charge < -0.3 is 25.0 Å². The summed E-state index contributed by atoms with van der Waals surface area (Å²) in [5.41, 5.74) is 4.00. The van der Waals surface area contributed by atoms with Gasteiger partial charge in [0, 0.05) is 44.5 Å². The SMILES string of the molecule is CN1CCC(Oc2cc3c(c(N[C@H]4CCOC4)c2)CNC3)CC1.Cl. The first-order chi connectivity index (χ1) is 11.3. The number of ether oxygens (including phenoxy) is 2. The van der Waals surface area contributed by atoms with Crippen LogP contribution in [0.1, 0.15) is 30.4 Å². The van der Waals surface area contributed by atoms with Crippen molar-refractivity contribution >= 4 is 18.1 Å². The molecule has 1 aromatic rings. The first-order valence-corrected chi connectivity index (χ1v) is 8.84. The van der Waals surface area contributed by atoms with Crippen molar-refractivity contribution in [2.45, 2.75) is 44.5 Å². The Morgan fingerprint density at radius 2 is 2.04 bits per heavy atom. The number of likely N-dealkylation sites (tertiary alicyclic amines) is 1. The molecule has 0 spiro atoms. The zero-order valence-corrected chi connectivity index (χ0v) is 15.2. The first-order valence-electron chi connectivity index (χ1n) is 8.84. The molecule has 2 N–H and O–H groups in total. The predicted octanol–water partition coefficient (Wildman–Crippen LogP) is 2.39. The van der Waals surface area contributed by atoms with Crippen molar-refractivity contribution in [1.29, 1.82) is 0 Å². The minimum absolute atomic E-state index is 0. The van der Waals surface area contributed by atoms with Gasteiger partial charge in [0.2, 0.25) is 0 Å². The Kier molecular flexibility index (Phi) is 5.87. The fraction of sp³-hybridized carbons (Fsp3) is 0.667. The lowest BCUT2D eigenvalue weighted by molar-refractivity contribution is 0.114. The summed E-state index contributed by atoms with van der Waals surface area (Å²) in [6.07, 6.45) is 3.67. The number of nitrogens with zero attached hydrogens (tertiary/aromatic N) is 1. The maximum absolute atomic E-state index is 6.31. The highest BCUT2D eigenvalue weighted by Crippen LogP contribution is 2.32. The summed E-state index contributed by atoms with van der Waals surface area (Å²) in [5.74, 6) is 1.02. The third kappa shape index (κ3) is 3.97. The molecule has 5 nitrogen and oxygen atoms in total. The predicted molar refractivity (Wildman–Crippen MR) is 98.2 cm³/mol. The van der Waals surface area contributed by atoms with Crippen LogP contribution >= 0.6 is 12.4 Å². The number of anilines is 1. The highest BCUT2D eigenvalue weighted by Gasteiger charge is 2.23. The second-order valence-electron chi connectivity index (χ2n) is 7.04. The average Bonchev–Trinajstić information content (AvgIpc) is 3.21. The third-order valence-electron chi connectivity index (χ3n) is 5.19. The monoisotopic (exact) mass is 353 g/mol. The number of hydrogen-bond donors (Lipinski definition) is 2. The Morgan fingerprint density at radius 3 is 2.79 bits per heavy atom. The Hall–Kier alpha value is -1.01. The van der Waals surface area contributed by atoms with E-state index in [0.29, 0.717) is 12.1 Å². The van der Waals surface area contributed by atoms with Gasteiger partial charge in [0.25, 0.3) is 0 Å². The molecule has 3 heterocycles. The van der Waals surface area contributed by atoms with Gasteiger partial charge in [0.15, 0.2) is 0 Å². The summed E-state index contributed by atoms with van der Waals surface area (Å²) in [4.78, 5) is 2.37. The van der Waals surface area contributed by atoms with Gasteiger partial charge in [-0.15, -0.1) is 12.4 Å². The molecule has 0 aliphatic carbocycles. The number of fused-ring (bicyclic) bond motifs is 1. The van der Waals surface area contributed by atoms with Gasteiger partial charge in [-0.2, -0.15) is 0 Å². The lowest BCUT2D eigenvalue weighted by Gasteiger charge is -2.29. The van der Waals surface area contributed by atoms with Crippen LogP contribution in [0.15, 0.2) is 12.1 Å². The zero-order valence-electron chi connectivity index (χ0n) is 14.3. The highest BCUT2D eigenvalue weighted by atomic mass is 35.5. The molecule has 0 saturated carbocycles. The topological polar surface area (TPSA) is 45.8 Å². The van der Waals surface area contributed by atoms with E-state index in [4.69, 9.17) is 9.47 Å². The van der Waals surface area contributed by atoms with E-state index in [1.54, 1.807) is 0 Å². The molecule has 3 aliphatic heterocycles. The molecule has 0 bridgehead atoms. The van der Waals surface area contributed by atoms with Crippen LogP contribution in [-0.4, -0.2) is 50.4 Å². The summed E-state index contributed by atoms with van der Waals surface area (Å²) >= 11 is 0. The maximum Gasteiger partial charge on any atom is 0.122 e. The van der Waals surface area contributed by atoms with E-state index in [-0.39, 0.29) is 12.4 Å². The van der Waals surface area contributed by atoms with Gasteiger partial charge in [-0.25, -0.2) is 0 Å². The molecular formula is C18H28ClN3O2.